The summed E-state index contributed by atoms with van der Waals surface area (Å²) < 4.78 is 12.7. The van der Waals surface area contributed by atoms with Gasteiger partial charge in [0.05, 0.1) is 0 Å². The van der Waals surface area contributed by atoms with Gasteiger partial charge in [0, 0.05) is 29.1 Å². The van der Waals surface area contributed by atoms with E-state index in [1.165, 1.54) is 47.9 Å². The average Bonchev–Trinajstić information content (AvgIpc) is 3.84. The topological polar surface area (TPSA) is 183 Å². The highest BCUT2D eigenvalue weighted by atomic mass is 32.2. The van der Waals surface area contributed by atoms with E-state index >= 15 is 0 Å². The van der Waals surface area contributed by atoms with Gasteiger partial charge in [0.15, 0.2) is 16.9 Å². The van der Waals surface area contributed by atoms with Gasteiger partial charge in [-0.1, -0.05) is 65.8 Å². The number of hydrogen-bond donors (Lipinski definition) is 2. The van der Waals surface area contributed by atoms with E-state index in [9.17, 15) is 24.0 Å². The molecule has 4 aromatic rings. The van der Waals surface area contributed by atoms with Gasteiger partial charge in [-0.05, 0) is 11.1 Å². The van der Waals surface area contributed by atoms with Gasteiger partial charge in [0.2, 0.25) is 6.41 Å². The molecule has 1 unspecified atom stereocenters. The SMILES string of the molecule is CON=C(C(=O)NC1C(=O)N2C(C(=O)OC(c3ccccc3)c3ccccc3)=C(COC(=O)n3ccnc3)CS[C@H]12)c1csc(NC=O)n1. The molecule has 2 aromatic heterocycles. The van der Waals surface area contributed by atoms with Crippen molar-refractivity contribution in [1.82, 2.24) is 24.8 Å². The highest BCUT2D eigenvalue weighted by molar-refractivity contribution is 8.00. The number of oxime groups is 1. The normalized spacial score (nSPS) is 17.1. The first-order valence-electron chi connectivity index (χ1n) is 14.6. The number of rotatable bonds is 12. The van der Waals surface area contributed by atoms with Crippen LogP contribution in [0.25, 0.3) is 0 Å². The van der Waals surface area contributed by atoms with E-state index in [1.807, 2.05) is 60.7 Å². The van der Waals surface area contributed by atoms with Gasteiger partial charge in [-0.2, -0.15) is 0 Å². The van der Waals surface area contributed by atoms with Crippen LogP contribution in [0.2, 0.25) is 0 Å². The van der Waals surface area contributed by atoms with Crippen LogP contribution in [0.1, 0.15) is 22.9 Å². The number of anilines is 1. The number of imidazole rings is 1. The molecule has 2 aliphatic rings. The lowest BCUT2D eigenvalue weighted by molar-refractivity contribution is -0.154. The van der Waals surface area contributed by atoms with Crippen LogP contribution in [-0.4, -0.2) is 86.3 Å². The van der Waals surface area contributed by atoms with Crippen molar-refractivity contribution in [3.8, 4) is 0 Å². The number of β-lactam (4-membered cyclic amide) rings is 1. The van der Waals surface area contributed by atoms with Gasteiger partial charge < -0.3 is 24.9 Å². The molecule has 3 amide bonds. The number of thioether (sulfide) groups is 1. The van der Waals surface area contributed by atoms with Gasteiger partial charge in [0.25, 0.3) is 11.8 Å². The molecule has 1 fully saturated rings. The Morgan fingerprint density at radius 1 is 1.10 bits per heavy atom. The van der Waals surface area contributed by atoms with Crippen molar-refractivity contribution in [3.63, 3.8) is 0 Å². The van der Waals surface area contributed by atoms with Crippen LogP contribution >= 0.6 is 23.1 Å². The first-order valence-corrected chi connectivity index (χ1v) is 16.5. The lowest BCUT2D eigenvalue weighted by Gasteiger charge is -2.49. The predicted molar refractivity (Wildman–Crippen MR) is 177 cm³/mol. The minimum Gasteiger partial charge on any atom is -0.448 e. The molecule has 0 bridgehead atoms. The molecule has 1 saturated heterocycles. The minimum atomic E-state index is -1.05. The zero-order valence-corrected chi connectivity index (χ0v) is 27.3. The number of carbonyl (C=O) groups excluding carboxylic acids is 5. The smallest absolute Gasteiger partial charge is 0.419 e. The van der Waals surface area contributed by atoms with Crippen LogP contribution in [-0.2, 0) is 33.5 Å². The number of aromatic nitrogens is 3. The Kier molecular flexibility index (Phi) is 10.1. The molecular weight excluding hydrogens is 675 g/mol. The largest absolute Gasteiger partial charge is 0.448 e. The fourth-order valence-corrected chi connectivity index (χ4v) is 7.11. The Morgan fingerprint density at radius 3 is 2.45 bits per heavy atom. The molecule has 250 valence electrons. The second-order valence-corrected chi connectivity index (χ2v) is 12.3. The zero-order chi connectivity index (χ0) is 34.3. The molecule has 0 radical (unpaired) electrons. The molecule has 2 aliphatic heterocycles. The number of fused-ring (bicyclic) bond motifs is 1. The monoisotopic (exact) mass is 701 g/mol. The molecule has 2 N–H and O–H groups in total. The Bertz CT molecular complexity index is 1880. The minimum absolute atomic E-state index is 0.0793. The molecule has 2 atom stereocenters. The zero-order valence-electron chi connectivity index (χ0n) is 25.6. The van der Waals surface area contributed by atoms with Crippen LogP contribution in [0.5, 0.6) is 0 Å². The summed E-state index contributed by atoms with van der Waals surface area (Å²) in [4.78, 5) is 78.8. The highest BCUT2D eigenvalue weighted by Crippen LogP contribution is 2.42. The van der Waals surface area contributed by atoms with Crippen molar-refractivity contribution in [2.75, 3.05) is 24.8 Å². The number of hydrogen-bond acceptors (Lipinski definition) is 13. The number of ether oxygens (including phenoxy) is 2. The van der Waals surface area contributed by atoms with Crippen LogP contribution < -0.4 is 10.6 Å². The number of amides is 3. The molecule has 4 heterocycles. The summed E-state index contributed by atoms with van der Waals surface area (Å²) in [6.45, 7) is -0.311. The summed E-state index contributed by atoms with van der Waals surface area (Å²) >= 11 is 2.34. The molecule has 17 heteroatoms. The van der Waals surface area contributed by atoms with E-state index < -0.39 is 41.4 Å². The number of nitrogens with zero attached hydrogens (tertiary/aromatic N) is 5. The quantitative estimate of drug-likeness (QED) is 0.0728. The maximum Gasteiger partial charge on any atom is 0.419 e. The van der Waals surface area contributed by atoms with Crippen LogP contribution in [0.3, 0.4) is 0 Å². The molecule has 0 saturated carbocycles. The average molecular weight is 702 g/mol. The standard InChI is InChI=1S/C32H27N7O8S2/c1-45-37-23(22-16-49-31(35-22)34-18-40)27(41)36-24-28(42)39-25(21(15-48-29(24)39)14-46-32(44)38-13-12-33-17-38)30(43)47-26(19-8-4-2-5-9-19)20-10-6-3-7-11-20/h2-13,16-18,24,26,29H,14-15H2,1H3,(H,36,41)(H,34,35,40)/t24?,29-/m1/s1. The van der Waals surface area contributed by atoms with Crippen LogP contribution in [0.15, 0.2) is 101 Å². The van der Waals surface area contributed by atoms with E-state index in [0.29, 0.717) is 23.1 Å². The van der Waals surface area contributed by atoms with Crippen molar-refractivity contribution in [2.45, 2.75) is 17.5 Å². The number of carbonyl (C=O) groups is 5. The molecule has 0 spiro atoms. The fourth-order valence-electron chi connectivity index (χ4n) is 5.12. The lowest BCUT2D eigenvalue weighted by Crippen LogP contribution is -2.71. The first kappa shape index (κ1) is 33.1. The third-order valence-corrected chi connectivity index (χ3v) is 9.48. The van der Waals surface area contributed by atoms with E-state index in [1.54, 1.807) is 0 Å². The van der Waals surface area contributed by atoms with Crippen LogP contribution in [0, 0.1) is 0 Å². The van der Waals surface area contributed by atoms with Crippen molar-refractivity contribution in [3.05, 3.63) is 113 Å². The van der Waals surface area contributed by atoms with Crippen LogP contribution in [0.4, 0.5) is 9.93 Å². The van der Waals surface area contributed by atoms with Gasteiger partial charge in [-0.25, -0.2) is 24.1 Å². The Labute approximate surface area is 286 Å². The van der Waals surface area contributed by atoms with Crippen molar-refractivity contribution >= 4 is 64.2 Å². The highest BCUT2D eigenvalue weighted by Gasteiger charge is 2.55. The third-order valence-electron chi connectivity index (χ3n) is 7.37. The number of benzene rings is 2. The summed E-state index contributed by atoms with van der Waals surface area (Å²) in [5.41, 5.74) is 1.57. The Balaban J connectivity index is 1.27. The maximum atomic E-state index is 14.1. The number of thiazole rings is 1. The lowest BCUT2D eigenvalue weighted by atomic mass is 10.0. The molecule has 2 aromatic carbocycles. The molecular formula is C32H27N7O8S2. The van der Waals surface area contributed by atoms with Crippen molar-refractivity contribution in [1.29, 1.82) is 0 Å². The summed E-state index contributed by atoms with van der Waals surface area (Å²) in [7, 11) is 1.25. The molecule has 0 aliphatic carbocycles. The summed E-state index contributed by atoms with van der Waals surface area (Å²) in [6.07, 6.45) is 3.02. The van der Waals surface area contributed by atoms with Crippen molar-refractivity contribution < 1.29 is 38.3 Å². The summed E-state index contributed by atoms with van der Waals surface area (Å²) in [5.74, 6) is -1.99. The Morgan fingerprint density at radius 2 is 1.82 bits per heavy atom. The predicted octanol–water partition coefficient (Wildman–Crippen LogP) is 2.93. The molecule has 15 nitrogen and oxygen atoms in total. The molecule has 6 rings (SSSR count). The number of nitrogens with one attached hydrogen (secondary N) is 2. The second kappa shape index (κ2) is 15.0. The van der Waals surface area contributed by atoms with Gasteiger partial charge >= 0.3 is 12.1 Å². The third kappa shape index (κ3) is 7.07. The van der Waals surface area contributed by atoms with Gasteiger partial charge in [0.1, 0.15) is 42.9 Å². The fraction of sp³-hybridized carbons (Fsp3) is 0.188. The molecule has 49 heavy (non-hydrogen) atoms. The first-order chi connectivity index (χ1) is 23.9. The maximum absolute atomic E-state index is 14.1. The Hall–Kier alpha value is -5.81. The van der Waals surface area contributed by atoms with E-state index in [-0.39, 0.29) is 34.6 Å². The second-order valence-electron chi connectivity index (χ2n) is 10.4. The van der Waals surface area contributed by atoms with Crippen molar-refractivity contribution in [2.24, 2.45) is 5.16 Å². The van der Waals surface area contributed by atoms with E-state index in [0.717, 1.165) is 15.9 Å². The van der Waals surface area contributed by atoms with Gasteiger partial charge in [-0.3, -0.25) is 19.3 Å². The van der Waals surface area contributed by atoms with E-state index in [4.69, 9.17) is 14.3 Å². The summed E-state index contributed by atoms with van der Waals surface area (Å²) in [6, 6.07) is 17.2. The number of esters is 1. The van der Waals surface area contributed by atoms with Gasteiger partial charge in [-0.15, -0.1) is 23.1 Å². The van der Waals surface area contributed by atoms with E-state index in [2.05, 4.69) is 25.8 Å². The summed E-state index contributed by atoms with van der Waals surface area (Å²) in [5, 5.41) is 9.87.